The summed E-state index contributed by atoms with van der Waals surface area (Å²) in [6.45, 7) is 6.57. The Bertz CT molecular complexity index is 37.3. The minimum absolute atomic E-state index is 0.167. The fourth-order valence-electron chi connectivity index (χ4n) is 0. The fraction of sp³-hybridized carbons (Fsp3) is 0.600. The number of aliphatic hydroxyl groups excluding tert-OH is 2. The van der Waals surface area contributed by atoms with Gasteiger partial charge in [-0.05, 0) is 13.8 Å². The van der Waals surface area contributed by atoms with Gasteiger partial charge in [0.2, 0.25) is 0 Å². The first-order valence-corrected chi connectivity index (χ1v) is 2.10. The third-order valence-corrected chi connectivity index (χ3v) is 0. The molecule has 0 aliphatic carbocycles. The smallest absolute Gasteiger partial charge is 0.0820 e. The Hall–Kier alpha value is -0.500. The van der Waals surface area contributed by atoms with E-state index in [0.29, 0.717) is 0 Å². The molecule has 0 saturated heterocycles. The van der Waals surface area contributed by atoms with Gasteiger partial charge in [0.1, 0.15) is 0 Å². The molecule has 0 bridgehead atoms. The van der Waals surface area contributed by atoms with E-state index in [0.717, 1.165) is 0 Å². The van der Waals surface area contributed by atoms with Crippen LogP contribution in [0, 0.1) is 0 Å². The summed E-state index contributed by atoms with van der Waals surface area (Å²) in [6, 6.07) is 0. The molecule has 2 N–H and O–H groups in total. The van der Waals surface area contributed by atoms with Gasteiger partial charge in [-0.25, -0.2) is 0 Å². The number of allylic oxidation sites excluding steroid dienone is 1. The van der Waals surface area contributed by atoms with E-state index < -0.39 is 0 Å². The lowest BCUT2D eigenvalue weighted by Gasteiger charge is -1.68. The highest BCUT2D eigenvalue weighted by molar-refractivity contribution is 4.67. The maximum atomic E-state index is 7.86. The van der Waals surface area contributed by atoms with E-state index in [9.17, 15) is 0 Å². The van der Waals surface area contributed by atoms with Crippen LogP contribution in [0.1, 0.15) is 13.8 Å². The quantitative estimate of drug-likeness (QED) is 0.451. The van der Waals surface area contributed by atoms with Crippen LogP contribution in [0.4, 0.5) is 0 Å². The molecule has 0 fully saturated rings. The molecule has 7 heavy (non-hydrogen) atoms. The predicted octanol–water partition coefficient (Wildman–Crippen LogP) is 1.08. The standard InChI is InChI=1S/C3H6O.C2H6O/c1-3(2)4;1-2-3/h4H,1H2,2H3;3H,2H2,1H3. The number of hydrogen-bond acceptors (Lipinski definition) is 2. The SMILES string of the molecule is C=C(C)O.CCO. The lowest BCUT2D eigenvalue weighted by atomic mass is 10.7. The van der Waals surface area contributed by atoms with Gasteiger partial charge < -0.3 is 10.2 Å². The van der Waals surface area contributed by atoms with Gasteiger partial charge in [0, 0.05) is 6.61 Å². The predicted molar refractivity (Wildman–Crippen MR) is 30.2 cm³/mol. The molecule has 0 spiro atoms. The second-order valence-corrected chi connectivity index (χ2v) is 1.05. The molecule has 0 saturated carbocycles. The Labute approximate surface area is 44.1 Å². The summed E-state index contributed by atoms with van der Waals surface area (Å²) in [7, 11) is 0. The second-order valence-electron chi connectivity index (χ2n) is 1.05. The molecule has 0 aromatic carbocycles. The Morgan fingerprint density at radius 3 is 1.71 bits per heavy atom. The van der Waals surface area contributed by atoms with Gasteiger partial charge in [-0.3, -0.25) is 0 Å². The van der Waals surface area contributed by atoms with Crippen LogP contribution in [-0.4, -0.2) is 16.8 Å². The molecule has 0 radical (unpaired) electrons. The van der Waals surface area contributed by atoms with Crippen molar-refractivity contribution >= 4 is 0 Å². The summed E-state index contributed by atoms with van der Waals surface area (Å²) in [5.41, 5.74) is 0. The molecule has 0 aromatic rings. The molecular formula is C5H12O2. The van der Waals surface area contributed by atoms with Crippen molar-refractivity contribution in [3.8, 4) is 0 Å². The van der Waals surface area contributed by atoms with Crippen molar-refractivity contribution in [2.45, 2.75) is 13.8 Å². The summed E-state index contributed by atoms with van der Waals surface area (Å²) in [4.78, 5) is 0. The van der Waals surface area contributed by atoms with Gasteiger partial charge in [0.25, 0.3) is 0 Å². The zero-order valence-corrected chi connectivity index (χ0v) is 4.81. The van der Waals surface area contributed by atoms with Crippen LogP contribution < -0.4 is 0 Å². The molecule has 0 heterocycles. The third kappa shape index (κ3) is 270. The van der Waals surface area contributed by atoms with Crippen molar-refractivity contribution in [2.75, 3.05) is 6.61 Å². The van der Waals surface area contributed by atoms with E-state index in [1.165, 1.54) is 6.92 Å². The minimum atomic E-state index is 0.167. The van der Waals surface area contributed by atoms with Crippen LogP contribution in [-0.2, 0) is 0 Å². The first-order valence-electron chi connectivity index (χ1n) is 2.10. The van der Waals surface area contributed by atoms with Crippen LogP contribution in [0.5, 0.6) is 0 Å². The number of rotatable bonds is 0. The molecule has 2 heteroatoms. The second kappa shape index (κ2) is 9.09. The zero-order chi connectivity index (χ0) is 6.28. The van der Waals surface area contributed by atoms with Crippen molar-refractivity contribution in [2.24, 2.45) is 0 Å². The van der Waals surface area contributed by atoms with Crippen molar-refractivity contribution < 1.29 is 10.2 Å². The average Bonchev–Trinajstić information content (AvgIpc) is 1.33. The van der Waals surface area contributed by atoms with Crippen LogP contribution in [0.3, 0.4) is 0 Å². The Morgan fingerprint density at radius 2 is 1.71 bits per heavy atom. The van der Waals surface area contributed by atoms with Gasteiger partial charge in [-0.1, -0.05) is 6.58 Å². The van der Waals surface area contributed by atoms with Crippen LogP contribution in [0.15, 0.2) is 12.3 Å². The average molecular weight is 104 g/mol. The molecule has 44 valence electrons. The van der Waals surface area contributed by atoms with Gasteiger partial charge >= 0.3 is 0 Å². The molecule has 0 rings (SSSR count). The van der Waals surface area contributed by atoms with Crippen molar-refractivity contribution in [1.29, 1.82) is 0 Å². The molecule has 2 nitrogen and oxygen atoms in total. The van der Waals surface area contributed by atoms with Gasteiger partial charge in [0.15, 0.2) is 0 Å². The molecular weight excluding hydrogens is 92.1 g/mol. The number of hydrogen-bond donors (Lipinski definition) is 2. The summed E-state index contributed by atoms with van der Waals surface area (Å²) >= 11 is 0. The number of aliphatic hydroxyl groups is 2. The fourth-order valence-corrected chi connectivity index (χ4v) is 0. The molecule has 0 aromatic heterocycles. The lowest BCUT2D eigenvalue weighted by Crippen LogP contribution is -1.57. The first-order chi connectivity index (χ1) is 3.15. The molecule has 0 unspecified atom stereocenters. The van der Waals surface area contributed by atoms with E-state index in [2.05, 4.69) is 6.58 Å². The normalized spacial score (nSPS) is 6.14. The van der Waals surface area contributed by atoms with Crippen molar-refractivity contribution in [3.05, 3.63) is 12.3 Å². The van der Waals surface area contributed by atoms with Gasteiger partial charge in [0.05, 0.1) is 5.76 Å². The summed E-state index contributed by atoms with van der Waals surface area (Å²) in [5.74, 6) is 0.167. The first kappa shape index (κ1) is 9.71. The van der Waals surface area contributed by atoms with E-state index in [-0.39, 0.29) is 12.4 Å². The largest absolute Gasteiger partial charge is 0.513 e. The van der Waals surface area contributed by atoms with Crippen LogP contribution in [0.25, 0.3) is 0 Å². The Balaban J connectivity index is 0. The van der Waals surface area contributed by atoms with Crippen LogP contribution in [0.2, 0.25) is 0 Å². The highest BCUT2D eigenvalue weighted by Gasteiger charge is 1.53. The highest BCUT2D eigenvalue weighted by Crippen LogP contribution is 1.66. The van der Waals surface area contributed by atoms with E-state index in [4.69, 9.17) is 10.2 Å². The summed E-state index contributed by atoms with van der Waals surface area (Å²) < 4.78 is 0. The minimum Gasteiger partial charge on any atom is -0.513 e. The van der Waals surface area contributed by atoms with Gasteiger partial charge in [-0.15, -0.1) is 0 Å². The molecule has 0 aliphatic heterocycles. The van der Waals surface area contributed by atoms with Crippen molar-refractivity contribution in [3.63, 3.8) is 0 Å². The summed E-state index contributed by atoms with van der Waals surface area (Å²) in [5, 5.41) is 15.4. The Kier molecular flexibility index (Phi) is 12.6. The molecule has 0 aliphatic rings. The van der Waals surface area contributed by atoms with Gasteiger partial charge in [-0.2, -0.15) is 0 Å². The monoisotopic (exact) mass is 104 g/mol. The van der Waals surface area contributed by atoms with Crippen LogP contribution >= 0.6 is 0 Å². The van der Waals surface area contributed by atoms with E-state index >= 15 is 0 Å². The Morgan fingerprint density at radius 1 is 1.71 bits per heavy atom. The molecule has 0 amide bonds. The van der Waals surface area contributed by atoms with Crippen molar-refractivity contribution in [1.82, 2.24) is 0 Å². The lowest BCUT2D eigenvalue weighted by molar-refractivity contribution is 0.318. The maximum Gasteiger partial charge on any atom is 0.0820 e. The van der Waals surface area contributed by atoms with E-state index in [1.54, 1.807) is 6.92 Å². The highest BCUT2D eigenvalue weighted by atomic mass is 16.3. The molecule has 0 atom stereocenters. The summed E-state index contributed by atoms with van der Waals surface area (Å²) in [6.07, 6.45) is 0. The topological polar surface area (TPSA) is 40.5 Å². The third-order valence-electron chi connectivity index (χ3n) is 0. The van der Waals surface area contributed by atoms with E-state index in [1.807, 2.05) is 0 Å². The maximum absolute atomic E-state index is 7.86. The zero-order valence-electron chi connectivity index (χ0n) is 4.81.